The molecule has 3 aromatic carbocycles. The topological polar surface area (TPSA) is 72.9 Å². The zero-order valence-corrected chi connectivity index (χ0v) is 24.6. The Bertz CT molecular complexity index is 1580. The first-order chi connectivity index (χ1) is 19.0. The van der Waals surface area contributed by atoms with E-state index in [1.54, 1.807) is 50.6 Å². The molecule has 7 heteroatoms. The lowest BCUT2D eigenvalue weighted by atomic mass is 9.63. The predicted octanol–water partition coefficient (Wildman–Crippen LogP) is 6.51. The first-order valence-corrected chi connectivity index (χ1v) is 14.1. The van der Waals surface area contributed by atoms with Crippen molar-refractivity contribution >= 4 is 45.0 Å². The lowest BCUT2D eigenvalue weighted by molar-refractivity contribution is -0.127. The van der Waals surface area contributed by atoms with Gasteiger partial charge in [-0.1, -0.05) is 73.1 Å². The Kier molecular flexibility index (Phi) is 6.07. The Hall–Kier alpha value is -3.71. The van der Waals surface area contributed by atoms with Crippen LogP contribution in [0.1, 0.15) is 58.5 Å². The van der Waals surface area contributed by atoms with E-state index in [1.165, 1.54) is 0 Å². The zero-order chi connectivity index (χ0) is 28.6. The summed E-state index contributed by atoms with van der Waals surface area (Å²) in [5.74, 6) is -0.410. The lowest BCUT2D eigenvalue weighted by Gasteiger charge is -2.38. The third-order valence-electron chi connectivity index (χ3n) is 8.55. The Morgan fingerprint density at radius 1 is 0.925 bits per heavy atom. The molecule has 6 rings (SSSR count). The van der Waals surface area contributed by atoms with Crippen LogP contribution >= 0.6 is 15.9 Å². The number of carbonyl (C=O) groups excluding carboxylic acids is 3. The molecule has 2 aliphatic heterocycles. The monoisotopic (exact) mass is 599 g/mol. The van der Waals surface area contributed by atoms with Gasteiger partial charge in [0.1, 0.15) is 16.9 Å². The molecule has 3 atom stereocenters. The molecular formula is C33H30BrNO5. The van der Waals surface area contributed by atoms with E-state index in [0.717, 1.165) is 15.7 Å². The molecule has 0 bridgehead atoms. The van der Waals surface area contributed by atoms with Crippen LogP contribution < -0.4 is 14.4 Å². The first kappa shape index (κ1) is 26.5. The number of rotatable bonds is 4. The molecule has 1 fully saturated rings. The van der Waals surface area contributed by atoms with Crippen LogP contribution in [0.25, 0.3) is 6.08 Å². The molecule has 1 aliphatic carbocycles. The van der Waals surface area contributed by atoms with E-state index in [9.17, 15) is 14.4 Å². The van der Waals surface area contributed by atoms with Gasteiger partial charge in [0.2, 0.25) is 0 Å². The van der Waals surface area contributed by atoms with Gasteiger partial charge in [-0.2, -0.15) is 0 Å². The van der Waals surface area contributed by atoms with Gasteiger partial charge in [0.15, 0.2) is 17.3 Å². The van der Waals surface area contributed by atoms with Gasteiger partial charge in [-0.3, -0.25) is 14.4 Å². The van der Waals surface area contributed by atoms with Crippen molar-refractivity contribution in [3.05, 3.63) is 93.5 Å². The minimum Gasteiger partial charge on any atom is -0.497 e. The average molecular weight is 601 g/mol. The Balaban J connectivity index is 1.74. The molecule has 204 valence electrons. The van der Waals surface area contributed by atoms with Crippen LogP contribution in [-0.2, 0) is 4.79 Å². The normalized spacial score (nSPS) is 22.2. The third kappa shape index (κ3) is 3.49. The summed E-state index contributed by atoms with van der Waals surface area (Å²) in [5, 5.41) is 0. The van der Waals surface area contributed by atoms with Crippen molar-refractivity contribution in [1.82, 2.24) is 0 Å². The summed E-state index contributed by atoms with van der Waals surface area (Å²) in [6.07, 6.45) is 3.88. The van der Waals surface area contributed by atoms with Gasteiger partial charge < -0.3 is 14.4 Å². The maximum Gasteiger partial charge on any atom is 0.180 e. The summed E-state index contributed by atoms with van der Waals surface area (Å²) in [6.45, 7) is 5.64. The van der Waals surface area contributed by atoms with Gasteiger partial charge >= 0.3 is 0 Å². The summed E-state index contributed by atoms with van der Waals surface area (Å²) in [6, 6.07) is 16.7. The zero-order valence-electron chi connectivity index (χ0n) is 23.0. The number of methoxy groups -OCH3 is 2. The van der Waals surface area contributed by atoms with Crippen molar-refractivity contribution in [1.29, 1.82) is 0 Å². The Morgan fingerprint density at radius 2 is 1.60 bits per heavy atom. The summed E-state index contributed by atoms with van der Waals surface area (Å²) in [7, 11) is 3.12. The molecule has 0 unspecified atom stereocenters. The van der Waals surface area contributed by atoms with Crippen molar-refractivity contribution in [2.24, 2.45) is 10.8 Å². The first-order valence-electron chi connectivity index (χ1n) is 13.3. The lowest BCUT2D eigenvalue weighted by Crippen LogP contribution is -2.49. The fourth-order valence-electron chi connectivity index (χ4n) is 6.82. The fourth-order valence-corrected chi connectivity index (χ4v) is 7.20. The van der Waals surface area contributed by atoms with Gasteiger partial charge in [-0.05, 0) is 42.0 Å². The van der Waals surface area contributed by atoms with Crippen molar-refractivity contribution < 1.29 is 23.9 Å². The summed E-state index contributed by atoms with van der Waals surface area (Å²) >= 11 is 3.56. The highest BCUT2D eigenvalue weighted by molar-refractivity contribution is 9.10. The molecule has 0 saturated carbocycles. The number of nitrogens with zero attached hydrogens (tertiary/aromatic N) is 1. The quantitative estimate of drug-likeness (QED) is 0.318. The largest absolute Gasteiger partial charge is 0.497 e. The van der Waals surface area contributed by atoms with Gasteiger partial charge in [0.25, 0.3) is 0 Å². The van der Waals surface area contributed by atoms with Crippen molar-refractivity contribution in [3.63, 3.8) is 0 Å². The van der Waals surface area contributed by atoms with Crippen LogP contribution in [0.15, 0.2) is 71.2 Å². The van der Waals surface area contributed by atoms with Crippen molar-refractivity contribution in [2.75, 3.05) is 19.1 Å². The second-order valence-electron chi connectivity index (χ2n) is 11.6. The third-order valence-corrected chi connectivity index (χ3v) is 9.04. The summed E-state index contributed by atoms with van der Waals surface area (Å²) < 4.78 is 12.3. The Morgan fingerprint density at radius 3 is 2.20 bits per heavy atom. The van der Waals surface area contributed by atoms with Crippen molar-refractivity contribution in [3.8, 4) is 11.5 Å². The van der Waals surface area contributed by atoms with Gasteiger partial charge in [-0.25, -0.2) is 0 Å². The van der Waals surface area contributed by atoms with E-state index in [-0.39, 0.29) is 17.3 Å². The van der Waals surface area contributed by atoms with Crippen LogP contribution in [-0.4, -0.2) is 43.7 Å². The molecule has 3 aliphatic rings. The number of anilines is 1. The molecular weight excluding hydrogens is 570 g/mol. The standard InChI is InChI=1S/C33H30BrNO5/c1-32(2,3)31(38)28-27(23-17-20(39-4)12-14-25(23)40-5)33(29(36)21-8-6-7-9-22(21)30(33)37)26-15-10-18-16-19(34)11-13-24(18)35(26)28/h6-17,26-28H,1-5H3/t26-,27+,28+/m0/s1. The van der Waals surface area contributed by atoms with E-state index in [1.807, 2.05) is 62.1 Å². The maximum atomic E-state index is 14.7. The average Bonchev–Trinajstić information content (AvgIpc) is 3.37. The number of hydrogen-bond acceptors (Lipinski definition) is 6. The predicted molar refractivity (Wildman–Crippen MR) is 158 cm³/mol. The van der Waals surface area contributed by atoms with E-state index in [2.05, 4.69) is 15.9 Å². The van der Waals surface area contributed by atoms with Crippen LogP contribution in [0.3, 0.4) is 0 Å². The number of ether oxygens (including phenoxy) is 2. The highest BCUT2D eigenvalue weighted by Crippen LogP contribution is 2.62. The number of ketones is 3. The molecule has 3 aromatic rings. The number of halogens is 1. The fraction of sp³-hybridized carbons (Fsp3) is 0.303. The van der Waals surface area contributed by atoms with E-state index < -0.39 is 28.8 Å². The highest BCUT2D eigenvalue weighted by Gasteiger charge is 2.72. The van der Waals surface area contributed by atoms with E-state index in [0.29, 0.717) is 28.2 Å². The molecule has 1 saturated heterocycles. The van der Waals surface area contributed by atoms with Crippen LogP contribution in [0.4, 0.5) is 5.69 Å². The number of fused-ring (bicyclic) bond motifs is 5. The van der Waals surface area contributed by atoms with Crippen LogP contribution in [0.2, 0.25) is 0 Å². The molecule has 0 radical (unpaired) electrons. The minimum absolute atomic E-state index is 0.0648. The second-order valence-corrected chi connectivity index (χ2v) is 12.5. The van der Waals surface area contributed by atoms with E-state index >= 15 is 0 Å². The Labute approximate surface area is 242 Å². The SMILES string of the molecule is COc1ccc(OC)c([C@@H]2[C@H](C(=O)C(C)(C)C)N3c4ccc(Br)cc4C=C[C@H]3C23C(=O)c2ccccc2C3=O)c1. The second kappa shape index (κ2) is 9.16. The molecule has 40 heavy (non-hydrogen) atoms. The number of hydrogen-bond donors (Lipinski definition) is 0. The van der Waals surface area contributed by atoms with E-state index in [4.69, 9.17) is 9.47 Å². The molecule has 1 spiro atoms. The number of benzene rings is 3. The highest BCUT2D eigenvalue weighted by atomic mass is 79.9. The molecule has 6 nitrogen and oxygen atoms in total. The van der Waals surface area contributed by atoms with Crippen LogP contribution in [0, 0.1) is 10.8 Å². The van der Waals surface area contributed by atoms with Gasteiger partial charge in [-0.15, -0.1) is 0 Å². The molecule has 0 aromatic heterocycles. The number of carbonyl (C=O) groups is 3. The molecule has 0 N–H and O–H groups in total. The molecule has 0 amide bonds. The van der Waals surface area contributed by atoms with Gasteiger partial charge in [0.05, 0.1) is 26.3 Å². The molecule has 2 heterocycles. The maximum absolute atomic E-state index is 14.7. The minimum atomic E-state index is -1.59. The van der Waals surface area contributed by atoms with Crippen LogP contribution in [0.5, 0.6) is 11.5 Å². The van der Waals surface area contributed by atoms with Crippen molar-refractivity contribution in [2.45, 2.75) is 38.8 Å². The summed E-state index contributed by atoms with van der Waals surface area (Å²) in [5.41, 5.74) is 0.728. The smallest absolute Gasteiger partial charge is 0.180 e. The number of Topliss-reactive ketones (excluding diaryl/α,β-unsaturated/α-hetero) is 3. The summed E-state index contributed by atoms with van der Waals surface area (Å²) in [4.78, 5) is 46.1. The van der Waals surface area contributed by atoms with Gasteiger partial charge in [0, 0.05) is 38.2 Å².